The zero-order valence-corrected chi connectivity index (χ0v) is 12.9. The average molecular weight is 331 g/mol. The van der Waals surface area contributed by atoms with Gasteiger partial charge in [0.1, 0.15) is 0 Å². The summed E-state index contributed by atoms with van der Waals surface area (Å²) in [7, 11) is 1.96. The molecule has 102 valence electrons. The van der Waals surface area contributed by atoms with Crippen LogP contribution in [0.15, 0.2) is 46.9 Å². The smallest absolute Gasteiger partial charge is 0.0991 e. The first kappa shape index (κ1) is 14.6. The Bertz CT molecular complexity index is 645. The number of aliphatic hydroxyl groups is 1. The number of halogens is 1. The van der Waals surface area contributed by atoms with E-state index in [0.29, 0.717) is 5.56 Å². The number of nitrogens with zero attached hydrogens (tertiary/aromatic N) is 2. The first-order valence-corrected chi connectivity index (χ1v) is 7.03. The van der Waals surface area contributed by atoms with Crippen LogP contribution >= 0.6 is 15.9 Å². The molecule has 0 spiro atoms. The summed E-state index contributed by atoms with van der Waals surface area (Å²) >= 11 is 3.48. The van der Waals surface area contributed by atoms with Gasteiger partial charge in [0.2, 0.25) is 0 Å². The number of aliphatic hydroxyl groups excluding tert-OH is 1. The lowest BCUT2D eigenvalue weighted by atomic mass is 10.1. The van der Waals surface area contributed by atoms with Crippen molar-refractivity contribution in [3.63, 3.8) is 0 Å². The van der Waals surface area contributed by atoms with Gasteiger partial charge in [-0.2, -0.15) is 5.26 Å². The highest BCUT2D eigenvalue weighted by atomic mass is 79.9. The van der Waals surface area contributed by atoms with Crippen molar-refractivity contribution in [2.75, 3.05) is 11.9 Å². The van der Waals surface area contributed by atoms with Crippen LogP contribution in [0.2, 0.25) is 0 Å². The summed E-state index contributed by atoms with van der Waals surface area (Å²) in [6.07, 6.45) is -0.501. The fourth-order valence-corrected chi connectivity index (χ4v) is 2.67. The van der Waals surface area contributed by atoms with Crippen LogP contribution < -0.4 is 4.90 Å². The molecule has 1 atom stereocenters. The number of hydrogen-bond acceptors (Lipinski definition) is 3. The highest BCUT2D eigenvalue weighted by Gasteiger charge is 2.10. The van der Waals surface area contributed by atoms with E-state index in [9.17, 15) is 5.11 Å². The van der Waals surface area contributed by atoms with Crippen molar-refractivity contribution in [3.8, 4) is 6.07 Å². The summed E-state index contributed by atoms with van der Waals surface area (Å²) in [5, 5.41) is 18.4. The number of rotatable bonds is 3. The lowest BCUT2D eigenvalue weighted by Crippen LogP contribution is -2.09. The van der Waals surface area contributed by atoms with Gasteiger partial charge >= 0.3 is 0 Å². The van der Waals surface area contributed by atoms with Crippen LogP contribution in [0, 0.1) is 11.3 Å². The molecular weight excluding hydrogens is 316 g/mol. The van der Waals surface area contributed by atoms with Gasteiger partial charge in [-0.15, -0.1) is 0 Å². The topological polar surface area (TPSA) is 47.3 Å². The summed E-state index contributed by atoms with van der Waals surface area (Å²) in [5.41, 5.74) is 3.52. The Labute approximate surface area is 127 Å². The standard InChI is InChI=1S/C16H15BrN2O/c1-11(20)15-8-7-14(9-16(15)17)19(2)13-5-3-12(10-18)4-6-13/h3-9,11,20H,1-2H3/t11-/m1/s1. The minimum absolute atomic E-state index is 0.501. The lowest BCUT2D eigenvalue weighted by molar-refractivity contribution is 0.198. The molecule has 3 nitrogen and oxygen atoms in total. The minimum Gasteiger partial charge on any atom is -0.389 e. The van der Waals surface area contributed by atoms with Crippen molar-refractivity contribution in [1.82, 2.24) is 0 Å². The highest BCUT2D eigenvalue weighted by Crippen LogP contribution is 2.31. The maximum absolute atomic E-state index is 9.63. The Morgan fingerprint density at radius 3 is 2.25 bits per heavy atom. The van der Waals surface area contributed by atoms with Gasteiger partial charge in [0.25, 0.3) is 0 Å². The van der Waals surface area contributed by atoms with Gasteiger partial charge in [0.15, 0.2) is 0 Å². The molecule has 2 rings (SSSR count). The Morgan fingerprint density at radius 1 is 1.15 bits per heavy atom. The van der Waals surface area contributed by atoms with Crippen molar-refractivity contribution in [2.24, 2.45) is 0 Å². The van der Waals surface area contributed by atoms with Crippen molar-refractivity contribution in [1.29, 1.82) is 5.26 Å². The minimum atomic E-state index is -0.501. The number of nitriles is 1. The molecule has 0 saturated carbocycles. The van der Waals surface area contributed by atoms with E-state index in [1.165, 1.54) is 0 Å². The average Bonchev–Trinajstić information content (AvgIpc) is 2.46. The summed E-state index contributed by atoms with van der Waals surface area (Å²) in [5.74, 6) is 0. The zero-order valence-electron chi connectivity index (χ0n) is 11.3. The van der Waals surface area contributed by atoms with E-state index in [0.717, 1.165) is 21.4 Å². The molecule has 20 heavy (non-hydrogen) atoms. The lowest BCUT2D eigenvalue weighted by Gasteiger charge is -2.21. The van der Waals surface area contributed by atoms with Gasteiger partial charge in [-0.3, -0.25) is 0 Å². The van der Waals surface area contributed by atoms with E-state index in [1.54, 1.807) is 19.1 Å². The first-order chi connectivity index (χ1) is 9.52. The van der Waals surface area contributed by atoms with Crippen LogP contribution in [-0.2, 0) is 0 Å². The summed E-state index contributed by atoms with van der Waals surface area (Å²) < 4.78 is 0.880. The summed E-state index contributed by atoms with van der Waals surface area (Å²) in [6.45, 7) is 1.74. The second-order valence-corrected chi connectivity index (χ2v) is 5.45. The van der Waals surface area contributed by atoms with E-state index in [2.05, 4.69) is 22.0 Å². The van der Waals surface area contributed by atoms with Crippen molar-refractivity contribution in [3.05, 3.63) is 58.1 Å². The van der Waals surface area contributed by atoms with E-state index in [-0.39, 0.29) is 0 Å². The van der Waals surface area contributed by atoms with Gasteiger partial charge in [-0.1, -0.05) is 22.0 Å². The molecule has 0 radical (unpaired) electrons. The molecule has 2 aromatic rings. The molecule has 0 aliphatic carbocycles. The zero-order chi connectivity index (χ0) is 14.7. The summed E-state index contributed by atoms with van der Waals surface area (Å²) in [4.78, 5) is 2.03. The third-order valence-corrected chi connectivity index (χ3v) is 3.89. The third kappa shape index (κ3) is 3.01. The maximum Gasteiger partial charge on any atom is 0.0991 e. The summed E-state index contributed by atoms with van der Waals surface area (Å²) in [6, 6.07) is 15.4. The third-order valence-electron chi connectivity index (χ3n) is 3.21. The predicted molar refractivity (Wildman–Crippen MR) is 84.0 cm³/mol. The monoisotopic (exact) mass is 330 g/mol. The molecule has 1 N–H and O–H groups in total. The Hall–Kier alpha value is -1.83. The molecule has 0 bridgehead atoms. The molecule has 0 aliphatic heterocycles. The van der Waals surface area contributed by atoms with Crippen LogP contribution in [0.3, 0.4) is 0 Å². The molecule has 0 aromatic heterocycles. The van der Waals surface area contributed by atoms with Crippen LogP contribution in [0.5, 0.6) is 0 Å². The van der Waals surface area contributed by atoms with Crippen molar-refractivity contribution < 1.29 is 5.11 Å². The Morgan fingerprint density at radius 2 is 1.75 bits per heavy atom. The Kier molecular flexibility index (Phi) is 4.43. The normalized spacial score (nSPS) is 11.8. The molecule has 0 saturated heterocycles. The molecular formula is C16H15BrN2O. The second-order valence-electron chi connectivity index (χ2n) is 4.60. The maximum atomic E-state index is 9.63. The van der Waals surface area contributed by atoms with E-state index >= 15 is 0 Å². The van der Waals surface area contributed by atoms with Crippen molar-refractivity contribution in [2.45, 2.75) is 13.0 Å². The molecule has 2 aromatic carbocycles. The largest absolute Gasteiger partial charge is 0.389 e. The van der Waals surface area contributed by atoms with E-state index in [1.807, 2.05) is 42.3 Å². The quantitative estimate of drug-likeness (QED) is 0.919. The van der Waals surface area contributed by atoms with Gasteiger partial charge in [-0.05, 0) is 48.9 Å². The van der Waals surface area contributed by atoms with Gasteiger partial charge < -0.3 is 10.0 Å². The fraction of sp³-hybridized carbons (Fsp3) is 0.188. The molecule has 0 fully saturated rings. The number of anilines is 2. The number of benzene rings is 2. The van der Waals surface area contributed by atoms with Gasteiger partial charge in [0, 0.05) is 22.9 Å². The fourth-order valence-electron chi connectivity index (χ4n) is 1.97. The van der Waals surface area contributed by atoms with Crippen molar-refractivity contribution >= 4 is 27.3 Å². The highest BCUT2D eigenvalue weighted by molar-refractivity contribution is 9.10. The molecule has 4 heteroatoms. The predicted octanol–water partition coefficient (Wildman–Crippen LogP) is 4.14. The number of hydrogen-bond donors (Lipinski definition) is 1. The first-order valence-electron chi connectivity index (χ1n) is 6.24. The van der Waals surface area contributed by atoms with Gasteiger partial charge in [-0.25, -0.2) is 0 Å². The Balaban J connectivity index is 2.31. The van der Waals surface area contributed by atoms with E-state index < -0.39 is 6.10 Å². The van der Waals surface area contributed by atoms with Crippen LogP contribution in [-0.4, -0.2) is 12.2 Å². The van der Waals surface area contributed by atoms with Gasteiger partial charge in [0.05, 0.1) is 17.7 Å². The van der Waals surface area contributed by atoms with Crippen LogP contribution in [0.25, 0.3) is 0 Å². The second kappa shape index (κ2) is 6.08. The molecule has 0 amide bonds. The molecule has 0 aliphatic rings. The molecule has 0 heterocycles. The van der Waals surface area contributed by atoms with E-state index in [4.69, 9.17) is 5.26 Å². The van der Waals surface area contributed by atoms with Crippen LogP contribution in [0.4, 0.5) is 11.4 Å². The van der Waals surface area contributed by atoms with Crippen LogP contribution in [0.1, 0.15) is 24.2 Å². The molecule has 0 unspecified atom stereocenters. The SMILES string of the molecule is C[C@@H](O)c1ccc(N(C)c2ccc(C#N)cc2)cc1Br.